The number of aliphatic hydroxyl groups is 1. The zero-order valence-electron chi connectivity index (χ0n) is 12.0. The Bertz CT molecular complexity index is 440. The van der Waals surface area contributed by atoms with Gasteiger partial charge in [0.2, 0.25) is 0 Å². The third-order valence-electron chi connectivity index (χ3n) is 4.37. The molecule has 0 aromatic heterocycles. The van der Waals surface area contributed by atoms with Crippen LogP contribution in [0.3, 0.4) is 0 Å². The monoisotopic (exact) mass is 292 g/mol. The van der Waals surface area contributed by atoms with Gasteiger partial charge in [0.15, 0.2) is 0 Å². The van der Waals surface area contributed by atoms with Crippen molar-refractivity contribution in [1.82, 2.24) is 9.80 Å². The van der Waals surface area contributed by atoms with E-state index in [9.17, 15) is 0 Å². The standard InChI is InChI=1S/C16H24N2OS/c19-11-10-17-6-3-7-18(9-8-17)12-14-13-20-16-5-2-1-4-15(14)16/h1-2,4-5,14,19H,3,6-13H2. The highest BCUT2D eigenvalue weighted by Crippen LogP contribution is 2.39. The van der Waals surface area contributed by atoms with Crippen LogP contribution in [0.15, 0.2) is 29.2 Å². The van der Waals surface area contributed by atoms with Crippen molar-refractivity contribution < 1.29 is 5.11 Å². The van der Waals surface area contributed by atoms with Gasteiger partial charge < -0.3 is 10.0 Å². The van der Waals surface area contributed by atoms with E-state index in [1.165, 1.54) is 30.2 Å². The molecule has 3 nitrogen and oxygen atoms in total. The zero-order chi connectivity index (χ0) is 13.8. The molecule has 0 spiro atoms. The molecule has 2 aliphatic heterocycles. The number of hydrogen-bond acceptors (Lipinski definition) is 4. The molecule has 110 valence electrons. The van der Waals surface area contributed by atoms with Crippen molar-refractivity contribution in [3.8, 4) is 0 Å². The van der Waals surface area contributed by atoms with Crippen LogP contribution < -0.4 is 0 Å². The van der Waals surface area contributed by atoms with Gasteiger partial charge in [0.25, 0.3) is 0 Å². The van der Waals surface area contributed by atoms with Gasteiger partial charge in [-0.3, -0.25) is 4.90 Å². The van der Waals surface area contributed by atoms with Gasteiger partial charge in [0, 0.05) is 42.7 Å². The summed E-state index contributed by atoms with van der Waals surface area (Å²) in [7, 11) is 0. The van der Waals surface area contributed by atoms with Crippen molar-refractivity contribution in [3.63, 3.8) is 0 Å². The summed E-state index contributed by atoms with van der Waals surface area (Å²) in [5.41, 5.74) is 1.55. The minimum atomic E-state index is 0.284. The van der Waals surface area contributed by atoms with Gasteiger partial charge in [-0.2, -0.15) is 0 Å². The molecular formula is C16H24N2OS. The first-order chi connectivity index (χ1) is 9.86. The second kappa shape index (κ2) is 6.94. The second-order valence-corrected chi connectivity index (χ2v) is 6.83. The molecule has 1 fully saturated rings. The minimum absolute atomic E-state index is 0.284. The number of aliphatic hydroxyl groups excluding tert-OH is 1. The summed E-state index contributed by atoms with van der Waals surface area (Å²) in [4.78, 5) is 6.48. The minimum Gasteiger partial charge on any atom is -0.395 e. The van der Waals surface area contributed by atoms with Gasteiger partial charge in [0.05, 0.1) is 6.61 Å². The number of β-amino-alcohol motifs (C(OH)–C–C–N with tert-alkyl or cyclic N) is 1. The molecule has 1 aromatic rings. The SMILES string of the molecule is OCCN1CCCN(CC2CSc3ccccc32)CC1. The molecule has 1 N–H and O–H groups in total. The Balaban J connectivity index is 1.56. The number of benzene rings is 1. The molecule has 1 aromatic carbocycles. The number of hydrogen-bond donors (Lipinski definition) is 1. The van der Waals surface area contributed by atoms with Crippen molar-refractivity contribution in [2.45, 2.75) is 17.2 Å². The normalized spacial score (nSPS) is 24.6. The van der Waals surface area contributed by atoms with E-state index >= 15 is 0 Å². The molecule has 1 atom stereocenters. The van der Waals surface area contributed by atoms with E-state index in [0.29, 0.717) is 5.92 Å². The highest BCUT2D eigenvalue weighted by molar-refractivity contribution is 7.99. The molecule has 0 amide bonds. The fourth-order valence-corrected chi connectivity index (χ4v) is 4.51. The Morgan fingerprint density at radius 1 is 1.10 bits per heavy atom. The smallest absolute Gasteiger partial charge is 0.0558 e. The molecule has 0 radical (unpaired) electrons. The lowest BCUT2D eigenvalue weighted by Gasteiger charge is -2.24. The fraction of sp³-hybridized carbons (Fsp3) is 0.625. The largest absolute Gasteiger partial charge is 0.395 e. The third kappa shape index (κ3) is 3.37. The van der Waals surface area contributed by atoms with Crippen molar-refractivity contribution in [2.75, 3.05) is 51.6 Å². The van der Waals surface area contributed by atoms with Crippen LogP contribution in [0.25, 0.3) is 0 Å². The highest BCUT2D eigenvalue weighted by Gasteiger charge is 2.25. The van der Waals surface area contributed by atoms with Crippen LogP contribution in [-0.2, 0) is 0 Å². The summed E-state index contributed by atoms with van der Waals surface area (Å²) in [5.74, 6) is 1.93. The molecule has 3 rings (SSSR count). The van der Waals surface area contributed by atoms with Crippen LogP contribution in [0, 0.1) is 0 Å². The average Bonchev–Trinajstić information content (AvgIpc) is 2.74. The average molecular weight is 292 g/mol. The first-order valence-electron chi connectivity index (χ1n) is 7.64. The maximum atomic E-state index is 9.06. The molecule has 0 bridgehead atoms. The van der Waals surface area contributed by atoms with Gasteiger partial charge >= 0.3 is 0 Å². The van der Waals surface area contributed by atoms with Crippen molar-refractivity contribution >= 4 is 11.8 Å². The molecular weight excluding hydrogens is 268 g/mol. The lowest BCUT2D eigenvalue weighted by molar-refractivity contribution is 0.196. The topological polar surface area (TPSA) is 26.7 Å². The molecule has 2 aliphatic rings. The van der Waals surface area contributed by atoms with Gasteiger partial charge in [0.1, 0.15) is 0 Å². The van der Waals surface area contributed by atoms with Gasteiger partial charge in [-0.15, -0.1) is 11.8 Å². The van der Waals surface area contributed by atoms with Gasteiger partial charge in [-0.05, 0) is 31.1 Å². The zero-order valence-corrected chi connectivity index (χ0v) is 12.8. The lowest BCUT2D eigenvalue weighted by atomic mass is 10.0. The summed E-state index contributed by atoms with van der Waals surface area (Å²) >= 11 is 2.01. The summed E-state index contributed by atoms with van der Waals surface area (Å²) in [6, 6.07) is 8.87. The van der Waals surface area contributed by atoms with Crippen molar-refractivity contribution in [2.24, 2.45) is 0 Å². The van der Waals surface area contributed by atoms with Crippen LogP contribution >= 0.6 is 11.8 Å². The maximum Gasteiger partial charge on any atom is 0.0558 e. The Morgan fingerprint density at radius 3 is 2.80 bits per heavy atom. The van der Waals surface area contributed by atoms with E-state index in [4.69, 9.17) is 5.11 Å². The summed E-state index contributed by atoms with van der Waals surface area (Å²) < 4.78 is 0. The summed E-state index contributed by atoms with van der Waals surface area (Å²) in [6.45, 7) is 6.88. The Hall–Kier alpha value is -0.550. The Morgan fingerprint density at radius 2 is 1.90 bits per heavy atom. The van der Waals surface area contributed by atoms with Gasteiger partial charge in [-0.25, -0.2) is 0 Å². The van der Waals surface area contributed by atoms with E-state index < -0.39 is 0 Å². The predicted molar refractivity (Wildman–Crippen MR) is 84.5 cm³/mol. The van der Waals surface area contributed by atoms with E-state index in [2.05, 4.69) is 34.1 Å². The molecule has 1 saturated heterocycles. The first-order valence-corrected chi connectivity index (χ1v) is 8.62. The molecule has 1 unspecified atom stereocenters. The second-order valence-electron chi connectivity index (χ2n) is 5.77. The van der Waals surface area contributed by atoms with Crippen molar-refractivity contribution in [3.05, 3.63) is 29.8 Å². The van der Waals surface area contributed by atoms with Crippen LogP contribution in [-0.4, -0.2) is 66.5 Å². The number of fused-ring (bicyclic) bond motifs is 1. The fourth-order valence-electron chi connectivity index (χ4n) is 3.26. The summed E-state index contributed by atoms with van der Waals surface area (Å²) in [5, 5.41) is 9.06. The van der Waals surface area contributed by atoms with E-state index in [0.717, 1.165) is 26.2 Å². The molecule has 2 heterocycles. The molecule has 20 heavy (non-hydrogen) atoms. The third-order valence-corrected chi connectivity index (χ3v) is 5.63. The van der Waals surface area contributed by atoms with Gasteiger partial charge in [-0.1, -0.05) is 18.2 Å². The first kappa shape index (κ1) is 14.4. The van der Waals surface area contributed by atoms with Crippen molar-refractivity contribution in [1.29, 1.82) is 0 Å². The van der Waals surface area contributed by atoms with E-state index in [1.54, 1.807) is 5.56 Å². The lowest BCUT2D eigenvalue weighted by Crippen LogP contribution is -2.34. The number of thioether (sulfide) groups is 1. The van der Waals surface area contributed by atoms with E-state index in [1.807, 2.05) is 11.8 Å². The number of nitrogens with zero attached hydrogens (tertiary/aromatic N) is 2. The Labute approximate surface area is 126 Å². The van der Waals surface area contributed by atoms with Crippen LogP contribution in [0.4, 0.5) is 0 Å². The van der Waals surface area contributed by atoms with E-state index in [-0.39, 0.29) is 6.61 Å². The predicted octanol–water partition coefficient (Wildman–Crippen LogP) is 1.88. The maximum absolute atomic E-state index is 9.06. The molecule has 0 aliphatic carbocycles. The highest BCUT2D eigenvalue weighted by atomic mass is 32.2. The number of rotatable bonds is 4. The quantitative estimate of drug-likeness (QED) is 0.916. The van der Waals surface area contributed by atoms with Crippen LogP contribution in [0.2, 0.25) is 0 Å². The Kier molecular flexibility index (Phi) is 4.99. The summed E-state index contributed by atoms with van der Waals surface area (Å²) in [6.07, 6.45) is 1.22. The van der Waals surface area contributed by atoms with Crippen LogP contribution in [0.1, 0.15) is 17.9 Å². The molecule has 0 saturated carbocycles. The molecule has 4 heteroatoms. The van der Waals surface area contributed by atoms with Crippen LogP contribution in [0.5, 0.6) is 0 Å².